The molecule has 0 saturated carbocycles. The molecule has 8 nitrogen and oxygen atoms in total. The minimum Gasteiger partial charge on any atom is -0.497 e. The summed E-state index contributed by atoms with van der Waals surface area (Å²) in [6.45, 7) is 0.643. The van der Waals surface area contributed by atoms with E-state index >= 15 is 0 Å². The molecule has 2 heterocycles. The van der Waals surface area contributed by atoms with Gasteiger partial charge in [-0.1, -0.05) is 6.07 Å². The number of benzene rings is 2. The minimum atomic E-state index is -0.510. The number of ether oxygens (including phenoxy) is 1. The van der Waals surface area contributed by atoms with Gasteiger partial charge in [0.15, 0.2) is 0 Å². The molecule has 3 aromatic rings. The zero-order valence-corrected chi connectivity index (χ0v) is 16.9. The molecule has 0 bridgehead atoms. The molecule has 2 aromatic carbocycles. The molecule has 1 saturated heterocycles. The number of fused-ring (bicyclic) bond motifs is 1. The summed E-state index contributed by atoms with van der Waals surface area (Å²) in [6, 6.07) is 11.0. The molecule has 160 valence electrons. The lowest BCUT2D eigenvalue weighted by Crippen LogP contribution is -2.36. The fraction of sp³-hybridized carbons (Fsp3) is 0.273. The van der Waals surface area contributed by atoms with Gasteiger partial charge in [0.2, 0.25) is 11.8 Å². The normalized spacial score (nSPS) is 16.0. The molecule has 1 fully saturated rings. The van der Waals surface area contributed by atoms with E-state index < -0.39 is 11.7 Å². The summed E-state index contributed by atoms with van der Waals surface area (Å²) in [7, 11) is 1.55. The van der Waals surface area contributed by atoms with Gasteiger partial charge in [0.1, 0.15) is 11.6 Å². The standard InChI is InChI=1S/C22H21FN4O4/c1-31-17-4-2-3-16(11-17)27-12-14(9-20(27)28)21(29)24-7-8-26-13-25-19-6-5-15(23)10-18(19)22(26)30/h2-6,10-11,13-14H,7-9,12H2,1H3,(H,24,29)/t14-/m0/s1. The number of methoxy groups -OCH3 is 1. The van der Waals surface area contributed by atoms with E-state index in [1.54, 1.807) is 36.3 Å². The zero-order valence-electron chi connectivity index (χ0n) is 16.9. The molecular weight excluding hydrogens is 403 g/mol. The lowest BCUT2D eigenvalue weighted by Gasteiger charge is -2.17. The number of nitrogens with zero attached hydrogens (tertiary/aromatic N) is 3. The maximum Gasteiger partial charge on any atom is 0.261 e. The van der Waals surface area contributed by atoms with Crippen molar-refractivity contribution in [3.05, 3.63) is 65.0 Å². The monoisotopic (exact) mass is 424 g/mol. The summed E-state index contributed by atoms with van der Waals surface area (Å²) in [4.78, 5) is 43.2. The zero-order chi connectivity index (χ0) is 22.0. The van der Waals surface area contributed by atoms with E-state index in [1.807, 2.05) is 0 Å². The fourth-order valence-electron chi connectivity index (χ4n) is 3.65. The molecule has 0 spiro atoms. The van der Waals surface area contributed by atoms with Crippen LogP contribution in [0.25, 0.3) is 10.9 Å². The number of carbonyl (C=O) groups excluding carboxylic acids is 2. The van der Waals surface area contributed by atoms with Gasteiger partial charge in [-0.15, -0.1) is 0 Å². The molecule has 1 aliphatic rings. The van der Waals surface area contributed by atoms with Crippen LogP contribution >= 0.6 is 0 Å². The van der Waals surface area contributed by atoms with Crippen LogP contribution in [0.4, 0.5) is 10.1 Å². The van der Waals surface area contributed by atoms with Crippen molar-refractivity contribution < 1.29 is 18.7 Å². The Labute approximate surface area is 177 Å². The van der Waals surface area contributed by atoms with Crippen molar-refractivity contribution in [3.63, 3.8) is 0 Å². The van der Waals surface area contributed by atoms with Gasteiger partial charge >= 0.3 is 0 Å². The van der Waals surface area contributed by atoms with Crippen LogP contribution in [-0.2, 0) is 16.1 Å². The van der Waals surface area contributed by atoms with E-state index in [0.29, 0.717) is 17.0 Å². The third-order valence-corrected chi connectivity index (χ3v) is 5.30. The number of hydrogen-bond acceptors (Lipinski definition) is 5. The summed E-state index contributed by atoms with van der Waals surface area (Å²) in [5, 5.41) is 2.96. The van der Waals surface area contributed by atoms with Crippen LogP contribution in [-0.4, -0.2) is 41.6 Å². The Hall–Kier alpha value is -3.75. The Balaban J connectivity index is 1.37. The van der Waals surface area contributed by atoms with Crippen LogP contribution in [0.2, 0.25) is 0 Å². The fourth-order valence-corrected chi connectivity index (χ4v) is 3.65. The molecule has 31 heavy (non-hydrogen) atoms. The first-order valence-electron chi connectivity index (χ1n) is 9.83. The van der Waals surface area contributed by atoms with Gasteiger partial charge in [0.05, 0.1) is 30.3 Å². The number of hydrogen-bond donors (Lipinski definition) is 1. The van der Waals surface area contributed by atoms with E-state index in [1.165, 1.54) is 23.0 Å². The van der Waals surface area contributed by atoms with Gasteiger partial charge in [0.25, 0.3) is 5.56 Å². The quantitative estimate of drug-likeness (QED) is 0.650. The second kappa shape index (κ2) is 8.55. The van der Waals surface area contributed by atoms with Crippen molar-refractivity contribution in [3.8, 4) is 5.75 Å². The lowest BCUT2D eigenvalue weighted by atomic mass is 10.1. The largest absolute Gasteiger partial charge is 0.497 e. The number of aromatic nitrogens is 2. The third kappa shape index (κ3) is 4.25. The number of nitrogens with one attached hydrogen (secondary N) is 1. The SMILES string of the molecule is COc1cccc(N2C[C@@H](C(=O)NCCn3cnc4ccc(F)cc4c3=O)CC2=O)c1. The molecule has 0 unspecified atom stereocenters. The lowest BCUT2D eigenvalue weighted by molar-refractivity contribution is -0.126. The van der Waals surface area contributed by atoms with E-state index in [-0.39, 0.29) is 48.8 Å². The van der Waals surface area contributed by atoms with E-state index in [2.05, 4.69) is 10.3 Å². The Morgan fingerprint density at radius 3 is 2.90 bits per heavy atom. The minimum absolute atomic E-state index is 0.111. The van der Waals surface area contributed by atoms with E-state index in [9.17, 15) is 18.8 Å². The average Bonchev–Trinajstić information content (AvgIpc) is 3.17. The van der Waals surface area contributed by atoms with Crippen LogP contribution < -0.4 is 20.5 Å². The first-order chi connectivity index (χ1) is 15.0. The van der Waals surface area contributed by atoms with Crippen LogP contribution in [0.5, 0.6) is 5.75 Å². The van der Waals surface area contributed by atoms with Crippen LogP contribution in [0, 0.1) is 11.7 Å². The first kappa shape index (κ1) is 20.5. The maximum atomic E-state index is 13.4. The van der Waals surface area contributed by atoms with Crippen molar-refractivity contribution in [2.24, 2.45) is 5.92 Å². The summed E-state index contributed by atoms with van der Waals surface area (Å²) in [5.41, 5.74) is 0.716. The van der Waals surface area contributed by atoms with Gasteiger partial charge in [0, 0.05) is 37.8 Å². The van der Waals surface area contributed by atoms with Crippen LogP contribution in [0.3, 0.4) is 0 Å². The molecule has 1 aliphatic heterocycles. The van der Waals surface area contributed by atoms with Crippen molar-refractivity contribution in [2.45, 2.75) is 13.0 Å². The van der Waals surface area contributed by atoms with Crippen LogP contribution in [0.1, 0.15) is 6.42 Å². The third-order valence-electron chi connectivity index (χ3n) is 5.30. The molecule has 1 N–H and O–H groups in total. The van der Waals surface area contributed by atoms with Crippen molar-refractivity contribution in [1.29, 1.82) is 0 Å². The predicted molar refractivity (Wildman–Crippen MR) is 112 cm³/mol. The molecule has 0 aliphatic carbocycles. The van der Waals surface area contributed by atoms with E-state index in [4.69, 9.17) is 4.74 Å². The second-order valence-electron chi connectivity index (χ2n) is 7.30. The van der Waals surface area contributed by atoms with Crippen LogP contribution in [0.15, 0.2) is 53.6 Å². The van der Waals surface area contributed by atoms with Gasteiger partial charge in [-0.3, -0.25) is 19.0 Å². The van der Waals surface area contributed by atoms with Gasteiger partial charge in [-0.2, -0.15) is 0 Å². The van der Waals surface area contributed by atoms with Gasteiger partial charge in [-0.05, 0) is 30.3 Å². The van der Waals surface area contributed by atoms with Gasteiger partial charge < -0.3 is 15.0 Å². The Morgan fingerprint density at radius 2 is 2.10 bits per heavy atom. The summed E-state index contributed by atoms with van der Waals surface area (Å²) in [6.07, 6.45) is 1.48. The average molecular weight is 424 g/mol. The number of carbonyl (C=O) groups is 2. The number of rotatable bonds is 6. The molecular formula is C22H21FN4O4. The maximum absolute atomic E-state index is 13.4. The highest BCUT2D eigenvalue weighted by molar-refractivity contribution is 6.00. The number of anilines is 1. The second-order valence-corrected chi connectivity index (χ2v) is 7.30. The highest BCUT2D eigenvalue weighted by Gasteiger charge is 2.35. The topological polar surface area (TPSA) is 93.5 Å². The molecule has 1 atom stereocenters. The Morgan fingerprint density at radius 1 is 1.26 bits per heavy atom. The van der Waals surface area contributed by atoms with Crippen molar-refractivity contribution in [2.75, 3.05) is 25.1 Å². The highest BCUT2D eigenvalue weighted by atomic mass is 19.1. The molecule has 2 amide bonds. The number of halogens is 1. The predicted octanol–water partition coefficient (Wildman–Crippen LogP) is 1.71. The Kier molecular flexibility index (Phi) is 5.66. The smallest absolute Gasteiger partial charge is 0.261 e. The number of amides is 2. The Bertz CT molecular complexity index is 1210. The summed E-state index contributed by atoms with van der Waals surface area (Å²) < 4.78 is 20.0. The van der Waals surface area contributed by atoms with Gasteiger partial charge in [-0.25, -0.2) is 9.37 Å². The van der Waals surface area contributed by atoms with Crippen molar-refractivity contribution in [1.82, 2.24) is 14.9 Å². The van der Waals surface area contributed by atoms with Crippen molar-refractivity contribution >= 4 is 28.4 Å². The summed E-state index contributed by atoms with van der Waals surface area (Å²) in [5.74, 6) is -0.757. The first-order valence-corrected chi connectivity index (χ1v) is 9.83. The molecule has 0 radical (unpaired) electrons. The molecule has 1 aromatic heterocycles. The summed E-state index contributed by atoms with van der Waals surface area (Å²) >= 11 is 0. The van der Waals surface area contributed by atoms with E-state index in [0.717, 1.165) is 6.07 Å². The molecule has 9 heteroatoms. The molecule has 4 rings (SSSR count). The highest BCUT2D eigenvalue weighted by Crippen LogP contribution is 2.27.